The summed E-state index contributed by atoms with van der Waals surface area (Å²) in [5.41, 5.74) is 9.86. The van der Waals surface area contributed by atoms with Crippen LogP contribution in [0.15, 0.2) is 36.4 Å². The maximum Gasteiger partial charge on any atom is 0.269 e. The molecule has 0 saturated carbocycles. The number of aromatic nitrogens is 3. The number of benzene rings is 1. The summed E-state index contributed by atoms with van der Waals surface area (Å²) in [4.78, 5) is 15.8. The van der Waals surface area contributed by atoms with Crippen LogP contribution in [0.4, 0.5) is 0 Å². The molecule has 2 N–H and O–H groups in total. The predicted molar refractivity (Wildman–Crippen MR) is 76.4 cm³/mol. The van der Waals surface area contributed by atoms with Gasteiger partial charge < -0.3 is 5.73 Å². The largest absolute Gasteiger partial charge is 0.364 e. The highest BCUT2D eigenvalue weighted by molar-refractivity contribution is 5.93. The third kappa shape index (κ3) is 1.93. The number of hydrogen-bond acceptors (Lipinski definition) is 3. The zero-order valence-electron chi connectivity index (χ0n) is 11.3. The number of carbonyl (C=O) groups excluding carboxylic acids is 1. The lowest BCUT2D eigenvalue weighted by Gasteiger charge is -2.04. The zero-order valence-corrected chi connectivity index (χ0v) is 11.3. The van der Waals surface area contributed by atoms with Crippen molar-refractivity contribution in [1.82, 2.24) is 14.6 Å². The Kier molecular flexibility index (Phi) is 2.75. The molecular formula is C15H14N4O. The van der Waals surface area contributed by atoms with Crippen molar-refractivity contribution in [3.05, 3.63) is 53.3 Å². The van der Waals surface area contributed by atoms with Gasteiger partial charge in [0.2, 0.25) is 0 Å². The summed E-state index contributed by atoms with van der Waals surface area (Å²) in [5, 5.41) is 4.48. The van der Waals surface area contributed by atoms with Crippen LogP contribution in [-0.2, 0) is 0 Å². The van der Waals surface area contributed by atoms with E-state index in [0.717, 1.165) is 16.8 Å². The van der Waals surface area contributed by atoms with E-state index in [-0.39, 0.29) is 0 Å². The molecule has 0 atom stereocenters. The third-order valence-electron chi connectivity index (χ3n) is 3.20. The van der Waals surface area contributed by atoms with Crippen LogP contribution in [0.25, 0.3) is 16.9 Å². The molecule has 0 aliphatic carbocycles. The van der Waals surface area contributed by atoms with Gasteiger partial charge in [-0.25, -0.2) is 9.50 Å². The number of fused-ring (bicyclic) bond motifs is 1. The van der Waals surface area contributed by atoms with E-state index in [9.17, 15) is 4.79 Å². The van der Waals surface area contributed by atoms with Gasteiger partial charge in [0.1, 0.15) is 0 Å². The van der Waals surface area contributed by atoms with Crippen molar-refractivity contribution in [3.8, 4) is 11.3 Å². The highest BCUT2D eigenvalue weighted by atomic mass is 16.1. The Bertz CT molecular complexity index is 820. The van der Waals surface area contributed by atoms with Gasteiger partial charge in [0.15, 0.2) is 11.3 Å². The molecule has 5 nitrogen and oxygen atoms in total. The third-order valence-corrected chi connectivity index (χ3v) is 3.20. The molecule has 0 radical (unpaired) electrons. The SMILES string of the molecule is Cc1cccc(-c2ccc3nc(C)c(C(N)=O)n3n2)c1. The lowest BCUT2D eigenvalue weighted by molar-refractivity contribution is 0.0993. The van der Waals surface area contributed by atoms with E-state index in [1.165, 1.54) is 4.52 Å². The summed E-state index contributed by atoms with van der Waals surface area (Å²) in [6.45, 7) is 3.78. The van der Waals surface area contributed by atoms with Gasteiger partial charge in [-0.15, -0.1) is 0 Å². The van der Waals surface area contributed by atoms with Crippen LogP contribution in [0.1, 0.15) is 21.7 Å². The Morgan fingerprint density at radius 1 is 1.20 bits per heavy atom. The Morgan fingerprint density at radius 2 is 2.00 bits per heavy atom. The average Bonchev–Trinajstić information content (AvgIpc) is 2.73. The Hall–Kier alpha value is -2.69. The molecule has 1 amide bonds. The molecule has 2 heterocycles. The molecule has 0 spiro atoms. The van der Waals surface area contributed by atoms with Crippen molar-refractivity contribution in [2.45, 2.75) is 13.8 Å². The molecule has 0 bridgehead atoms. The standard InChI is InChI=1S/C15H14N4O/c1-9-4-3-5-11(8-9)12-6-7-13-17-10(2)14(15(16)20)19(13)18-12/h3-8H,1-2H3,(H2,16,20). The molecule has 100 valence electrons. The van der Waals surface area contributed by atoms with Gasteiger partial charge in [-0.2, -0.15) is 5.10 Å². The number of primary amides is 1. The number of aryl methyl sites for hydroxylation is 2. The van der Waals surface area contributed by atoms with Crippen LogP contribution in [0.3, 0.4) is 0 Å². The summed E-state index contributed by atoms with van der Waals surface area (Å²) in [6.07, 6.45) is 0. The molecule has 20 heavy (non-hydrogen) atoms. The van der Waals surface area contributed by atoms with Crippen molar-refractivity contribution >= 4 is 11.6 Å². The number of carbonyl (C=O) groups is 1. The van der Waals surface area contributed by atoms with Crippen LogP contribution >= 0.6 is 0 Å². The van der Waals surface area contributed by atoms with Crippen LogP contribution in [-0.4, -0.2) is 20.5 Å². The van der Waals surface area contributed by atoms with Gasteiger partial charge in [0.05, 0.1) is 11.4 Å². The molecule has 2 aromatic heterocycles. The highest BCUT2D eigenvalue weighted by Gasteiger charge is 2.15. The van der Waals surface area contributed by atoms with Crippen molar-refractivity contribution in [1.29, 1.82) is 0 Å². The maximum absolute atomic E-state index is 11.5. The lowest BCUT2D eigenvalue weighted by atomic mass is 10.1. The molecule has 0 unspecified atom stereocenters. The normalized spacial score (nSPS) is 10.9. The van der Waals surface area contributed by atoms with Gasteiger partial charge in [0.25, 0.3) is 5.91 Å². The number of nitrogens with two attached hydrogens (primary N) is 1. The molecule has 3 rings (SSSR count). The first-order valence-electron chi connectivity index (χ1n) is 6.29. The van der Waals surface area contributed by atoms with Gasteiger partial charge in [-0.05, 0) is 32.0 Å². The van der Waals surface area contributed by atoms with Gasteiger partial charge in [-0.3, -0.25) is 4.79 Å². The predicted octanol–water partition coefficient (Wildman–Crippen LogP) is 2.11. The minimum Gasteiger partial charge on any atom is -0.364 e. The van der Waals surface area contributed by atoms with Crippen molar-refractivity contribution in [2.75, 3.05) is 0 Å². The molecule has 0 saturated heterocycles. The first-order chi connectivity index (χ1) is 9.56. The van der Waals surface area contributed by atoms with Crippen LogP contribution in [0, 0.1) is 13.8 Å². The molecule has 1 aromatic carbocycles. The van der Waals surface area contributed by atoms with E-state index in [4.69, 9.17) is 5.73 Å². The number of amides is 1. The fraction of sp³-hybridized carbons (Fsp3) is 0.133. The number of nitrogens with zero attached hydrogens (tertiary/aromatic N) is 3. The molecule has 0 aliphatic rings. The number of hydrogen-bond donors (Lipinski definition) is 1. The van der Waals surface area contributed by atoms with Gasteiger partial charge >= 0.3 is 0 Å². The first kappa shape index (κ1) is 12.3. The van der Waals surface area contributed by atoms with E-state index >= 15 is 0 Å². The average molecular weight is 266 g/mol. The van der Waals surface area contributed by atoms with Crippen LogP contribution in [0.2, 0.25) is 0 Å². The number of imidazole rings is 1. The van der Waals surface area contributed by atoms with E-state index in [1.807, 2.05) is 43.3 Å². The van der Waals surface area contributed by atoms with E-state index in [1.54, 1.807) is 6.92 Å². The summed E-state index contributed by atoms with van der Waals surface area (Å²) >= 11 is 0. The minimum absolute atomic E-state index is 0.328. The molecule has 3 aromatic rings. The molecular weight excluding hydrogens is 252 g/mol. The summed E-state index contributed by atoms with van der Waals surface area (Å²) in [5.74, 6) is -0.524. The van der Waals surface area contributed by atoms with E-state index < -0.39 is 5.91 Å². The molecule has 0 fully saturated rings. The quantitative estimate of drug-likeness (QED) is 0.772. The summed E-state index contributed by atoms with van der Waals surface area (Å²) in [6, 6.07) is 11.8. The highest BCUT2D eigenvalue weighted by Crippen LogP contribution is 2.19. The van der Waals surface area contributed by atoms with Gasteiger partial charge in [-0.1, -0.05) is 23.8 Å². The van der Waals surface area contributed by atoms with Crippen LogP contribution in [0.5, 0.6) is 0 Å². The number of rotatable bonds is 2. The zero-order chi connectivity index (χ0) is 14.3. The van der Waals surface area contributed by atoms with Gasteiger partial charge in [0, 0.05) is 5.56 Å². The first-order valence-corrected chi connectivity index (χ1v) is 6.29. The van der Waals surface area contributed by atoms with Crippen LogP contribution < -0.4 is 5.73 Å². The van der Waals surface area contributed by atoms with E-state index in [2.05, 4.69) is 10.1 Å². The Balaban J connectivity index is 2.24. The minimum atomic E-state index is -0.524. The fourth-order valence-corrected chi connectivity index (χ4v) is 2.28. The van der Waals surface area contributed by atoms with Crippen molar-refractivity contribution in [3.63, 3.8) is 0 Å². The summed E-state index contributed by atoms with van der Waals surface area (Å²) < 4.78 is 1.51. The van der Waals surface area contributed by atoms with Crippen molar-refractivity contribution < 1.29 is 4.79 Å². The molecule has 0 aliphatic heterocycles. The maximum atomic E-state index is 11.5. The second-order valence-electron chi connectivity index (χ2n) is 4.77. The monoisotopic (exact) mass is 266 g/mol. The molecule has 5 heteroatoms. The second kappa shape index (κ2) is 4.45. The summed E-state index contributed by atoms with van der Waals surface area (Å²) in [7, 11) is 0. The van der Waals surface area contributed by atoms with Crippen molar-refractivity contribution in [2.24, 2.45) is 5.73 Å². The second-order valence-corrected chi connectivity index (χ2v) is 4.77. The lowest BCUT2D eigenvalue weighted by Crippen LogP contribution is -2.16. The Morgan fingerprint density at radius 3 is 2.70 bits per heavy atom. The Labute approximate surface area is 116 Å². The topological polar surface area (TPSA) is 73.3 Å². The van der Waals surface area contributed by atoms with E-state index in [0.29, 0.717) is 17.0 Å². The smallest absolute Gasteiger partial charge is 0.269 e. The fourth-order valence-electron chi connectivity index (χ4n) is 2.28.